The van der Waals surface area contributed by atoms with E-state index in [1.807, 2.05) is 13.8 Å². The van der Waals surface area contributed by atoms with Crippen molar-refractivity contribution in [1.82, 2.24) is 0 Å². The molecule has 28 heavy (non-hydrogen) atoms. The molecule has 0 amide bonds. The highest BCUT2D eigenvalue weighted by Gasteiger charge is 2.01. The van der Waals surface area contributed by atoms with Gasteiger partial charge in [-0.25, -0.2) is 0 Å². The summed E-state index contributed by atoms with van der Waals surface area (Å²) < 4.78 is 0. The fraction of sp³-hybridized carbons (Fsp3) is 0.462. The van der Waals surface area contributed by atoms with Gasteiger partial charge in [-0.3, -0.25) is 0 Å². The van der Waals surface area contributed by atoms with Crippen LogP contribution < -0.4 is 0 Å². The van der Waals surface area contributed by atoms with Crippen molar-refractivity contribution in [3.05, 3.63) is 70.8 Å². The summed E-state index contributed by atoms with van der Waals surface area (Å²) >= 11 is 0. The van der Waals surface area contributed by atoms with E-state index in [-0.39, 0.29) is 0 Å². The third-order valence-corrected chi connectivity index (χ3v) is 5.23. The Morgan fingerprint density at radius 3 is 1.25 bits per heavy atom. The van der Waals surface area contributed by atoms with E-state index in [1.165, 1.54) is 49.7 Å². The van der Waals surface area contributed by atoms with Crippen LogP contribution in [0, 0.1) is 0 Å². The van der Waals surface area contributed by atoms with Crippen molar-refractivity contribution in [2.75, 3.05) is 0 Å². The third kappa shape index (κ3) is 7.42. The van der Waals surface area contributed by atoms with Crippen LogP contribution in [0.5, 0.6) is 0 Å². The highest BCUT2D eigenvalue weighted by Crippen LogP contribution is 2.12. The highest BCUT2D eigenvalue weighted by atomic mass is 15.2. The van der Waals surface area contributed by atoms with Crippen LogP contribution in [0.1, 0.15) is 88.5 Å². The normalized spacial score (nSPS) is 12.4. The Bertz CT molecular complexity index is 685. The van der Waals surface area contributed by atoms with E-state index in [9.17, 15) is 0 Å². The molecule has 0 aromatic heterocycles. The van der Waals surface area contributed by atoms with Crippen LogP contribution in [-0.2, 0) is 12.8 Å². The molecule has 2 aromatic carbocycles. The molecule has 0 aliphatic carbocycles. The zero-order valence-electron chi connectivity index (χ0n) is 18.2. The summed E-state index contributed by atoms with van der Waals surface area (Å²) in [5, 5.41) is 8.93. The number of unbranched alkanes of at least 4 members (excludes halogenated alkanes) is 4. The number of benzene rings is 2. The van der Waals surface area contributed by atoms with E-state index in [0.717, 1.165) is 35.4 Å². The molecule has 0 radical (unpaired) electrons. The Balaban J connectivity index is 1.97. The van der Waals surface area contributed by atoms with Crippen LogP contribution in [0.3, 0.4) is 0 Å². The summed E-state index contributed by atoms with van der Waals surface area (Å²) in [6, 6.07) is 17.5. The van der Waals surface area contributed by atoms with Crippen molar-refractivity contribution in [2.24, 2.45) is 10.2 Å². The number of hydrogen-bond acceptors (Lipinski definition) is 2. The molecule has 150 valence electrons. The van der Waals surface area contributed by atoms with Gasteiger partial charge in [-0.05, 0) is 61.8 Å². The lowest BCUT2D eigenvalue weighted by Gasteiger charge is -2.05. The van der Waals surface area contributed by atoms with Crippen LogP contribution in [0.2, 0.25) is 0 Å². The van der Waals surface area contributed by atoms with Crippen molar-refractivity contribution in [3.63, 3.8) is 0 Å². The van der Waals surface area contributed by atoms with E-state index in [0.29, 0.717) is 0 Å². The summed E-state index contributed by atoms with van der Waals surface area (Å²) in [4.78, 5) is 0. The van der Waals surface area contributed by atoms with Gasteiger partial charge < -0.3 is 0 Å². The fourth-order valence-corrected chi connectivity index (χ4v) is 3.25. The van der Waals surface area contributed by atoms with E-state index in [1.54, 1.807) is 0 Å². The number of aryl methyl sites for hydroxylation is 2. The van der Waals surface area contributed by atoms with Gasteiger partial charge >= 0.3 is 0 Å². The SMILES string of the molecule is CCCCCc1ccc(/C(C)=N/N=C(\C)c2ccc(CCCCC)cc2)cc1. The lowest BCUT2D eigenvalue weighted by Crippen LogP contribution is -1.98. The molecule has 0 spiro atoms. The molecule has 0 aliphatic rings. The molecular formula is C26H36N2. The van der Waals surface area contributed by atoms with Gasteiger partial charge in [-0.15, -0.1) is 0 Å². The van der Waals surface area contributed by atoms with E-state index in [4.69, 9.17) is 0 Å². The lowest BCUT2D eigenvalue weighted by atomic mass is 10.0. The van der Waals surface area contributed by atoms with Gasteiger partial charge in [-0.1, -0.05) is 88.1 Å². The molecule has 2 rings (SSSR count). The monoisotopic (exact) mass is 376 g/mol. The first kappa shape index (κ1) is 22.1. The van der Waals surface area contributed by atoms with Gasteiger partial charge in [0.2, 0.25) is 0 Å². The number of hydrogen-bond donors (Lipinski definition) is 0. The average molecular weight is 377 g/mol. The molecule has 0 bridgehead atoms. The minimum Gasteiger partial charge on any atom is -0.155 e. The first-order valence-electron chi connectivity index (χ1n) is 10.9. The van der Waals surface area contributed by atoms with Crippen LogP contribution in [0.25, 0.3) is 0 Å². The molecular weight excluding hydrogens is 340 g/mol. The van der Waals surface area contributed by atoms with Crippen LogP contribution >= 0.6 is 0 Å². The second kappa shape index (κ2) is 12.3. The molecule has 2 heteroatoms. The molecule has 0 N–H and O–H groups in total. The first-order chi connectivity index (χ1) is 13.6. The standard InChI is InChI=1S/C26H36N2/c1-5-7-9-11-23-13-17-25(18-14-23)21(3)27-28-22(4)26-19-15-24(16-20-26)12-10-8-6-2/h13-20H,5-12H2,1-4H3/b27-21+,28-22+. The molecule has 2 aromatic rings. The zero-order chi connectivity index (χ0) is 20.2. The average Bonchev–Trinajstić information content (AvgIpc) is 2.73. The molecule has 0 unspecified atom stereocenters. The Morgan fingerprint density at radius 2 is 0.929 bits per heavy atom. The minimum atomic E-state index is 0.954. The lowest BCUT2D eigenvalue weighted by molar-refractivity contribution is 0.717. The van der Waals surface area contributed by atoms with Gasteiger partial charge in [-0.2, -0.15) is 10.2 Å². The van der Waals surface area contributed by atoms with E-state index >= 15 is 0 Å². The molecule has 0 aliphatic heterocycles. The Kier molecular flexibility index (Phi) is 9.68. The smallest absolute Gasteiger partial charge is 0.0671 e. The Labute approximate surface area is 171 Å². The minimum absolute atomic E-state index is 0.954. The summed E-state index contributed by atoms with van der Waals surface area (Å²) in [6.07, 6.45) is 10.00. The van der Waals surface area contributed by atoms with Crippen molar-refractivity contribution >= 4 is 11.4 Å². The predicted octanol–water partition coefficient (Wildman–Crippen LogP) is 7.39. The molecule has 0 atom stereocenters. The van der Waals surface area contributed by atoms with Gasteiger partial charge in [0.1, 0.15) is 0 Å². The van der Waals surface area contributed by atoms with E-state index in [2.05, 4.69) is 72.6 Å². The topological polar surface area (TPSA) is 24.7 Å². The molecule has 0 saturated carbocycles. The maximum atomic E-state index is 4.46. The van der Waals surface area contributed by atoms with Crippen molar-refractivity contribution in [3.8, 4) is 0 Å². The van der Waals surface area contributed by atoms with Crippen molar-refractivity contribution < 1.29 is 0 Å². The fourth-order valence-electron chi connectivity index (χ4n) is 3.25. The van der Waals surface area contributed by atoms with Gasteiger partial charge in [0.15, 0.2) is 0 Å². The highest BCUT2D eigenvalue weighted by molar-refractivity contribution is 6.01. The van der Waals surface area contributed by atoms with E-state index < -0.39 is 0 Å². The number of rotatable bonds is 11. The van der Waals surface area contributed by atoms with Crippen molar-refractivity contribution in [2.45, 2.75) is 79.1 Å². The molecule has 2 nitrogen and oxygen atoms in total. The predicted molar refractivity (Wildman–Crippen MR) is 124 cm³/mol. The first-order valence-corrected chi connectivity index (χ1v) is 10.9. The summed E-state index contributed by atoms with van der Waals surface area (Å²) in [5.74, 6) is 0. The van der Waals surface area contributed by atoms with Gasteiger partial charge in [0.25, 0.3) is 0 Å². The maximum absolute atomic E-state index is 4.46. The maximum Gasteiger partial charge on any atom is 0.0671 e. The van der Waals surface area contributed by atoms with Gasteiger partial charge in [0.05, 0.1) is 11.4 Å². The van der Waals surface area contributed by atoms with Crippen LogP contribution in [-0.4, -0.2) is 11.4 Å². The zero-order valence-corrected chi connectivity index (χ0v) is 18.2. The summed E-state index contributed by atoms with van der Waals surface area (Å²) in [5.41, 5.74) is 7.00. The summed E-state index contributed by atoms with van der Waals surface area (Å²) in [6.45, 7) is 8.54. The number of nitrogens with zero attached hydrogens (tertiary/aromatic N) is 2. The Morgan fingerprint density at radius 1 is 0.571 bits per heavy atom. The summed E-state index contributed by atoms with van der Waals surface area (Å²) in [7, 11) is 0. The third-order valence-electron chi connectivity index (χ3n) is 5.23. The molecule has 0 saturated heterocycles. The second-order valence-electron chi connectivity index (χ2n) is 7.68. The molecule has 0 fully saturated rings. The largest absolute Gasteiger partial charge is 0.155 e. The van der Waals surface area contributed by atoms with Gasteiger partial charge in [0, 0.05) is 0 Å². The van der Waals surface area contributed by atoms with Crippen LogP contribution in [0.4, 0.5) is 0 Å². The van der Waals surface area contributed by atoms with Crippen LogP contribution in [0.15, 0.2) is 58.7 Å². The quantitative estimate of drug-likeness (QED) is 0.222. The van der Waals surface area contributed by atoms with Crippen molar-refractivity contribution in [1.29, 1.82) is 0 Å². The Hall–Kier alpha value is -2.22. The molecule has 0 heterocycles. The second-order valence-corrected chi connectivity index (χ2v) is 7.68.